The number of aromatic nitrogens is 3. The summed E-state index contributed by atoms with van der Waals surface area (Å²) in [6.07, 6.45) is 5.76. The lowest BCUT2D eigenvalue weighted by Gasteiger charge is -2.03. The number of nitrogens with zero attached hydrogens (tertiary/aromatic N) is 3. The van der Waals surface area contributed by atoms with Gasteiger partial charge in [-0.1, -0.05) is 48.5 Å². The maximum absolute atomic E-state index is 4.85. The molecule has 0 bridgehead atoms. The average Bonchev–Trinajstić information content (AvgIpc) is 3.14. The average molecular weight is 341 g/mol. The van der Waals surface area contributed by atoms with E-state index < -0.39 is 0 Å². The van der Waals surface area contributed by atoms with Gasteiger partial charge in [0.2, 0.25) is 0 Å². The molecule has 4 rings (SSSR count). The largest absolute Gasteiger partial charge is 0.339 e. The van der Waals surface area contributed by atoms with Gasteiger partial charge in [-0.15, -0.1) is 0 Å². The van der Waals surface area contributed by atoms with Gasteiger partial charge in [0.1, 0.15) is 18.8 Å². The van der Waals surface area contributed by atoms with Gasteiger partial charge in [0.25, 0.3) is 0 Å². The smallest absolute Gasteiger partial charge is 0.105 e. The highest BCUT2D eigenvalue weighted by Gasteiger charge is 2.13. The van der Waals surface area contributed by atoms with E-state index in [1.54, 1.807) is 0 Å². The summed E-state index contributed by atoms with van der Waals surface area (Å²) in [4.78, 5) is 4.12. The summed E-state index contributed by atoms with van der Waals surface area (Å²) in [6.45, 7) is 1.83. The number of hydrogen-bond acceptors (Lipinski definition) is 2. The summed E-state index contributed by atoms with van der Waals surface area (Å²) in [5.41, 5.74) is 5.72. The first-order valence-corrected chi connectivity index (χ1v) is 8.80. The number of nitrogens with two attached hydrogens (primary N) is 1. The van der Waals surface area contributed by atoms with Gasteiger partial charge in [-0.25, -0.2) is 4.68 Å². The fourth-order valence-corrected chi connectivity index (χ4v) is 3.03. The maximum atomic E-state index is 4.85. The van der Waals surface area contributed by atoms with Crippen molar-refractivity contribution >= 4 is 0 Å². The van der Waals surface area contributed by atoms with E-state index in [1.165, 1.54) is 11.1 Å². The van der Waals surface area contributed by atoms with Crippen LogP contribution in [0, 0.1) is 0 Å². The first-order chi connectivity index (χ1) is 12.9. The van der Waals surface area contributed by atoms with Gasteiger partial charge in [0.05, 0.1) is 11.3 Å². The number of pyridine rings is 1. The Hall–Kier alpha value is -3.24. The summed E-state index contributed by atoms with van der Waals surface area (Å²) in [6, 6.07) is 24.8. The van der Waals surface area contributed by atoms with Crippen molar-refractivity contribution in [3.8, 4) is 16.9 Å². The van der Waals surface area contributed by atoms with Crippen LogP contribution >= 0.6 is 0 Å². The molecule has 0 saturated carbocycles. The molecule has 0 atom stereocenters. The van der Waals surface area contributed by atoms with Crippen LogP contribution in [0.2, 0.25) is 0 Å². The Kier molecular flexibility index (Phi) is 4.85. The van der Waals surface area contributed by atoms with Crippen LogP contribution in [0.25, 0.3) is 16.9 Å². The quantitative estimate of drug-likeness (QED) is 0.585. The summed E-state index contributed by atoms with van der Waals surface area (Å²) in [5.74, 6) is 0. The molecule has 0 fully saturated rings. The minimum Gasteiger partial charge on any atom is -0.339 e. The highest BCUT2D eigenvalue weighted by molar-refractivity contribution is 5.62. The van der Waals surface area contributed by atoms with Crippen LogP contribution < -0.4 is 5.32 Å². The molecule has 2 N–H and O–H groups in total. The van der Waals surface area contributed by atoms with Crippen LogP contribution in [0.4, 0.5) is 0 Å². The Labute approximate surface area is 153 Å². The molecule has 0 aliphatic carbocycles. The minimum absolute atomic E-state index is 0.874. The number of benzene rings is 2. The predicted molar refractivity (Wildman–Crippen MR) is 103 cm³/mol. The normalized spacial score (nSPS) is 10.8. The second kappa shape index (κ2) is 7.76. The molecule has 0 aliphatic heterocycles. The molecule has 2 aromatic carbocycles. The number of rotatable bonds is 6. The maximum Gasteiger partial charge on any atom is 0.105 e. The lowest BCUT2D eigenvalue weighted by molar-refractivity contribution is -0.686. The Balaban J connectivity index is 1.60. The van der Waals surface area contributed by atoms with E-state index in [0.717, 1.165) is 30.0 Å². The fraction of sp³-hybridized carbons (Fsp3) is 0.0909. The van der Waals surface area contributed by atoms with Gasteiger partial charge in [-0.3, -0.25) is 4.98 Å². The topological polar surface area (TPSA) is 47.3 Å². The molecule has 4 aromatic rings. The second-order valence-electron chi connectivity index (χ2n) is 6.20. The third kappa shape index (κ3) is 3.71. The molecule has 2 heterocycles. The molecule has 0 aliphatic rings. The summed E-state index contributed by atoms with van der Waals surface area (Å²) < 4.78 is 1.96. The van der Waals surface area contributed by atoms with Crippen molar-refractivity contribution < 1.29 is 5.32 Å². The third-order valence-corrected chi connectivity index (χ3v) is 4.35. The van der Waals surface area contributed by atoms with E-state index in [1.807, 2.05) is 47.4 Å². The zero-order valence-corrected chi connectivity index (χ0v) is 14.5. The molecule has 4 nitrogen and oxygen atoms in total. The minimum atomic E-state index is 0.874. The number of hydrogen-bond donors (Lipinski definition) is 1. The lowest BCUT2D eigenvalue weighted by atomic mass is 10.1. The summed E-state index contributed by atoms with van der Waals surface area (Å²) >= 11 is 0. The third-order valence-electron chi connectivity index (χ3n) is 4.35. The monoisotopic (exact) mass is 341 g/mol. The van der Waals surface area contributed by atoms with Crippen molar-refractivity contribution in [2.24, 2.45) is 0 Å². The summed E-state index contributed by atoms with van der Waals surface area (Å²) in [5, 5.41) is 7.16. The highest BCUT2D eigenvalue weighted by Crippen LogP contribution is 2.22. The van der Waals surface area contributed by atoms with Crippen molar-refractivity contribution in [1.82, 2.24) is 14.8 Å². The molecule has 0 radical (unpaired) electrons. The Morgan fingerprint density at radius 1 is 0.769 bits per heavy atom. The molecule has 0 saturated heterocycles. The van der Waals surface area contributed by atoms with E-state index in [0.29, 0.717) is 0 Å². The fourth-order valence-electron chi connectivity index (χ4n) is 3.03. The standard InChI is InChI=1S/C22H20N4/c1-3-7-18(8-4-1)15-24-16-20-17-26(21-9-5-2-6-10-21)25-22(20)19-11-13-23-14-12-19/h1-14,17,24H,15-16H2/p+1. The molecule has 0 amide bonds. The molecule has 0 spiro atoms. The van der Waals surface area contributed by atoms with Crippen molar-refractivity contribution in [1.29, 1.82) is 0 Å². The molecule has 2 aromatic heterocycles. The van der Waals surface area contributed by atoms with Crippen LogP contribution in [-0.2, 0) is 13.1 Å². The van der Waals surface area contributed by atoms with Crippen LogP contribution in [0.15, 0.2) is 91.4 Å². The highest BCUT2D eigenvalue weighted by atomic mass is 15.3. The molecule has 128 valence electrons. The van der Waals surface area contributed by atoms with E-state index in [-0.39, 0.29) is 0 Å². The van der Waals surface area contributed by atoms with E-state index >= 15 is 0 Å². The Morgan fingerprint density at radius 3 is 2.19 bits per heavy atom. The van der Waals surface area contributed by atoms with Crippen LogP contribution in [0.5, 0.6) is 0 Å². The lowest BCUT2D eigenvalue weighted by Crippen LogP contribution is -2.80. The predicted octanol–water partition coefficient (Wildman–Crippen LogP) is 3.20. The summed E-state index contributed by atoms with van der Waals surface area (Å²) in [7, 11) is 0. The molecule has 0 unspecified atom stereocenters. The van der Waals surface area contributed by atoms with Gasteiger partial charge in [-0.05, 0) is 24.3 Å². The Bertz CT molecular complexity index is 947. The van der Waals surface area contributed by atoms with Gasteiger partial charge in [0, 0.05) is 29.7 Å². The van der Waals surface area contributed by atoms with Gasteiger partial charge >= 0.3 is 0 Å². The second-order valence-corrected chi connectivity index (χ2v) is 6.20. The van der Waals surface area contributed by atoms with E-state index in [9.17, 15) is 0 Å². The van der Waals surface area contributed by atoms with E-state index in [4.69, 9.17) is 5.10 Å². The number of para-hydroxylation sites is 1. The number of quaternary nitrogens is 1. The molecular weight excluding hydrogens is 320 g/mol. The Morgan fingerprint density at radius 2 is 1.46 bits per heavy atom. The van der Waals surface area contributed by atoms with Gasteiger partial charge in [-0.2, -0.15) is 5.10 Å². The van der Waals surface area contributed by atoms with Crippen molar-refractivity contribution in [3.05, 3.63) is 103 Å². The molecular formula is C22H21N4+. The van der Waals surface area contributed by atoms with Crippen LogP contribution in [0.3, 0.4) is 0 Å². The van der Waals surface area contributed by atoms with Crippen molar-refractivity contribution in [2.45, 2.75) is 13.1 Å². The van der Waals surface area contributed by atoms with E-state index in [2.05, 4.69) is 59.0 Å². The van der Waals surface area contributed by atoms with Crippen molar-refractivity contribution in [3.63, 3.8) is 0 Å². The van der Waals surface area contributed by atoms with Crippen molar-refractivity contribution in [2.75, 3.05) is 0 Å². The zero-order chi connectivity index (χ0) is 17.6. The molecule has 4 heteroatoms. The first-order valence-electron chi connectivity index (χ1n) is 8.80. The zero-order valence-electron chi connectivity index (χ0n) is 14.5. The first kappa shape index (κ1) is 16.2. The SMILES string of the molecule is c1ccc(C[NH2+]Cc2cn(-c3ccccc3)nc2-c2ccncc2)cc1. The molecule has 26 heavy (non-hydrogen) atoms. The van der Waals surface area contributed by atoms with Gasteiger partial charge in [0.15, 0.2) is 0 Å². The van der Waals surface area contributed by atoms with Crippen LogP contribution in [0.1, 0.15) is 11.1 Å². The van der Waals surface area contributed by atoms with Gasteiger partial charge < -0.3 is 5.32 Å². The van der Waals surface area contributed by atoms with Crippen LogP contribution in [-0.4, -0.2) is 14.8 Å².